The van der Waals surface area contributed by atoms with Gasteiger partial charge in [-0.2, -0.15) is 0 Å². The zero-order valence-corrected chi connectivity index (χ0v) is 9.48. The average Bonchev–Trinajstić information content (AvgIpc) is 1.63. The Morgan fingerprint density at radius 2 is 1.73 bits per heavy atom. The molecule has 0 aromatic carbocycles. The first-order chi connectivity index (χ1) is 4.04. The molecule has 0 aliphatic carbocycles. The third kappa shape index (κ3) is 10.9. The molecule has 0 bridgehead atoms. The smallest absolute Gasteiger partial charge is 1.00 e. The fraction of sp³-hybridized carbons (Fsp3) is 0.500. The van der Waals surface area contributed by atoms with Gasteiger partial charge in [0.25, 0.3) is 0 Å². The van der Waals surface area contributed by atoms with Crippen LogP contribution in [-0.2, 0) is 9.59 Å². The molecule has 1 unspecified atom stereocenters. The summed E-state index contributed by atoms with van der Waals surface area (Å²) < 4.78 is 0. The van der Waals surface area contributed by atoms with E-state index in [0.29, 0.717) is 0 Å². The molecule has 0 amide bonds. The first-order valence-electron chi connectivity index (χ1n) is 2.16. The second-order valence-corrected chi connectivity index (χ2v) is 1.45. The van der Waals surface area contributed by atoms with Gasteiger partial charge >= 0.3 is 72.7 Å². The quantitative estimate of drug-likeness (QED) is 0.489. The summed E-state index contributed by atoms with van der Waals surface area (Å²) in [6.07, 6.45) is -2.54. The molecule has 0 aromatic rings. The van der Waals surface area contributed by atoms with Gasteiger partial charge in [0.2, 0.25) is 0 Å². The Morgan fingerprint density at radius 1 is 1.36 bits per heavy atom. The van der Waals surface area contributed by atoms with E-state index in [2.05, 4.69) is 0 Å². The Bertz CT molecular complexity index is 151. The van der Waals surface area contributed by atoms with Gasteiger partial charge in [0.15, 0.2) is 6.10 Å². The van der Waals surface area contributed by atoms with Crippen LogP contribution in [0.15, 0.2) is 0 Å². The predicted molar refractivity (Wildman–Crippen MR) is 41.9 cm³/mol. The van der Waals surface area contributed by atoms with Crippen molar-refractivity contribution < 1.29 is 30.6 Å². The molecule has 3 N–H and O–H groups in total. The fourth-order valence-electron chi connectivity index (χ4n) is 0.253. The SMILES string of the molecule is O=C(O)CC(O)C(=O)O.[Ca+2].[H-].[H-].[H-].[H-].[Mg+2]. The molecule has 5 nitrogen and oxygen atoms in total. The van der Waals surface area contributed by atoms with Crippen LogP contribution in [0.4, 0.5) is 0 Å². The maximum atomic E-state index is 9.72. The van der Waals surface area contributed by atoms with Crippen LogP contribution in [0, 0.1) is 0 Å². The van der Waals surface area contributed by atoms with Crippen LogP contribution >= 0.6 is 0 Å². The topological polar surface area (TPSA) is 94.8 Å². The van der Waals surface area contributed by atoms with Crippen molar-refractivity contribution in [2.24, 2.45) is 0 Å². The van der Waals surface area contributed by atoms with Crippen LogP contribution in [0.3, 0.4) is 0 Å². The van der Waals surface area contributed by atoms with Crippen molar-refractivity contribution >= 4 is 72.7 Å². The van der Waals surface area contributed by atoms with Crippen LogP contribution in [0.25, 0.3) is 0 Å². The molecule has 0 aliphatic heterocycles. The summed E-state index contributed by atoms with van der Waals surface area (Å²) in [5, 5.41) is 24.1. The van der Waals surface area contributed by atoms with Crippen LogP contribution in [-0.4, -0.2) is 94.2 Å². The van der Waals surface area contributed by atoms with E-state index in [1.54, 1.807) is 0 Å². The minimum atomic E-state index is -1.79. The number of carboxylic acids is 2. The van der Waals surface area contributed by atoms with Crippen molar-refractivity contribution in [3.05, 3.63) is 0 Å². The minimum absolute atomic E-state index is 0. The molecule has 1 atom stereocenters. The van der Waals surface area contributed by atoms with E-state index in [-0.39, 0.29) is 66.5 Å². The number of carboxylic acid groups (broad SMARTS) is 2. The molecule has 60 valence electrons. The fourth-order valence-corrected chi connectivity index (χ4v) is 0.253. The van der Waals surface area contributed by atoms with E-state index < -0.39 is 24.5 Å². The summed E-state index contributed by atoms with van der Waals surface area (Å²) in [6.45, 7) is 0. The molecule has 0 radical (unpaired) electrons. The van der Waals surface area contributed by atoms with Crippen molar-refractivity contribution in [1.29, 1.82) is 0 Å². The maximum absolute atomic E-state index is 9.72. The number of aliphatic hydroxyl groups excluding tert-OH is 1. The van der Waals surface area contributed by atoms with E-state index in [1.807, 2.05) is 0 Å². The van der Waals surface area contributed by atoms with E-state index >= 15 is 0 Å². The van der Waals surface area contributed by atoms with Gasteiger partial charge in [0.05, 0.1) is 6.42 Å². The summed E-state index contributed by atoms with van der Waals surface area (Å²) >= 11 is 0. The molecular formula is C4H10CaMgO5. The van der Waals surface area contributed by atoms with Gasteiger partial charge in [-0.25, -0.2) is 4.79 Å². The molecule has 11 heavy (non-hydrogen) atoms. The van der Waals surface area contributed by atoms with Crippen molar-refractivity contribution in [2.45, 2.75) is 12.5 Å². The Morgan fingerprint density at radius 3 is 1.82 bits per heavy atom. The monoisotopic (exact) mass is 202 g/mol. The van der Waals surface area contributed by atoms with Crippen molar-refractivity contribution in [3.8, 4) is 0 Å². The van der Waals surface area contributed by atoms with E-state index in [1.165, 1.54) is 0 Å². The van der Waals surface area contributed by atoms with E-state index in [4.69, 9.17) is 15.3 Å². The molecule has 0 aromatic heterocycles. The molecular weight excluding hydrogens is 192 g/mol. The van der Waals surface area contributed by atoms with Crippen molar-refractivity contribution in [2.75, 3.05) is 0 Å². The Kier molecular flexibility index (Phi) is 14.6. The summed E-state index contributed by atoms with van der Waals surface area (Å²) in [5.74, 6) is -2.85. The number of aliphatic carboxylic acids is 2. The van der Waals surface area contributed by atoms with Crippen LogP contribution < -0.4 is 0 Å². The third-order valence-corrected chi connectivity index (χ3v) is 0.653. The van der Waals surface area contributed by atoms with Gasteiger partial charge in [0.1, 0.15) is 0 Å². The van der Waals surface area contributed by atoms with Gasteiger partial charge in [-0.1, -0.05) is 0 Å². The number of hydrogen-bond donors (Lipinski definition) is 3. The summed E-state index contributed by atoms with van der Waals surface area (Å²) in [6, 6.07) is 0. The second kappa shape index (κ2) is 9.02. The molecule has 0 spiro atoms. The van der Waals surface area contributed by atoms with Crippen LogP contribution in [0.5, 0.6) is 0 Å². The normalized spacial score (nSPS) is 10.3. The van der Waals surface area contributed by atoms with Gasteiger partial charge in [0, 0.05) is 0 Å². The molecule has 0 fully saturated rings. The number of carbonyl (C=O) groups is 2. The van der Waals surface area contributed by atoms with Crippen LogP contribution in [0.1, 0.15) is 12.1 Å². The Balaban J connectivity index is -0.0000000213. The molecule has 0 heterocycles. The van der Waals surface area contributed by atoms with Crippen molar-refractivity contribution in [1.82, 2.24) is 0 Å². The van der Waals surface area contributed by atoms with Gasteiger partial charge in [-0.15, -0.1) is 0 Å². The zero-order valence-electron chi connectivity index (χ0n) is 9.86. The standard InChI is InChI=1S/C4H6O5.Ca.Mg.4H/c5-2(4(8)9)1-3(6)7;;;;;;/h2,5H,1H2,(H,6,7)(H,8,9);;;;;;/q;2*+2;4*-1. The first kappa shape index (κ1) is 17.9. The Labute approximate surface area is 115 Å². The number of hydrogen-bond acceptors (Lipinski definition) is 3. The van der Waals surface area contributed by atoms with E-state index in [0.717, 1.165) is 0 Å². The summed E-state index contributed by atoms with van der Waals surface area (Å²) in [7, 11) is 0. The summed E-state index contributed by atoms with van der Waals surface area (Å²) in [5.41, 5.74) is 0. The molecule has 7 heteroatoms. The van der Waals surface area contributed by atoms with Gasteiger partial charge < -0.3 is 21.0 Å². The predicted octanol–water partition coefficient (Wildman–Crippen LogP) is -1.41. The third-order valence-electron chi connectivity index (χ3n) is 0.653. The van der Waals surface area contributed by atoms with Gasteiger partial charge in [-0.3, -0.25) is 4.79 Å². The molecule has 0 saturated carbocycles. The van der Waals surface area contributed by atoms with Gasteiger partial charge in [-0.05, 0) is 0 Å². The number of aliphatic hydroxyl groups is 1. The number of rotatable bonds is 3. The molecule has 0 saturated heterocycles. The largest absolute Gasteiger partial charge is 2.00 e. The molecule has 0 rings (SSSR count). The average molecular weight is 203 g/mol. The second-order valence-electron chi connectivity index (χ2n) is 1.45. The molecule has 0 aliphatic rings. The Hall–Kier alpha value is 0.926. The minimum Gasteiger partial charge on any atom is -1.00 e. The zero-order chi connectivity index (χ0) is 7.44. The first-order valence-corrected chi connectivity index (χ1v) is 2.16. The summed E-state index contributed by atoms with van der Waals surface area (Å²) in [4.78, 5) is 19.4. The maximum Gasteiger partial charge on any atom is 2.00 e. The van der Waals surface area contributed by atoms with Crippen molar-refractivity contribution in [3.63, 3.8) is 0 Å². The van der Waals surface area contributed by atoms with E-state index in [9.17, 15) is 9.59 Å². The van der Waals surface area contributed by atoms with Crippen LogP contribution in [0.2, 0.25) is 0 Å².